The van der Waals surface area contributed by atoms with Crippen LogP contribution in [0, 0.1) is 0 Å². The molecule has 6 rings (SSSR count). The van der Waals surface area contributed by atoms with Crippen LogP contribution < -0.4 is 5.32 Å². The number of nitrogens with zero attached hydrogens (tertiary/aromatic N) is 1. The van der Waals surface area contributed by atoms with Crippen LogP contribution in [-0.4, -0.2) is 5.71 Å². The third kappa shape index (κ3) is 5.11. The van der Waals surface area contributed by atoms with Gasteiger partial charge in [0.05, 0.1) is 5.71 Å². The van der Waals surface area contributed by atoms with Gasteiger partial charge in [-0.1, -0.05) is 133 Å². The Morgan fingerprint density at radius 1 is 0.486 bits per heavy atom. The van der Waals surface area contributed by atoms with E-state index in [0.717, 1.165) is 44.2 Å². The van der Waals surface area contributed by atoms with Crippen LogP contribution in [0.2, 0.25) is 5.02 Å². The SMILES string of the molecule is Clc1ccc(-c2ccc(C3=CC(c4ccc(-c5ccccc5)cc4)=NC(c4ccccc4)N3)cc2)cc1. The van der Waals surface area contributed by atoms with Gasteiger partial charge in [-0.2, -0.15) is 0 Å². The van der Waals surface area contributed by atoms with E-state index in [1.54, 1.807) is 0 Å². The summed E-state index contributed by atoms with van der Waals surface area (Å²) in [5, 5.41) is 4.39. The van der Waals surface area contributed by atoms with Gasteiger partial charge in [-0.3, -0.25) is 4.99 Å². The maximum Gasteiger partial charge on any atom is 0.145 e. The van der Waals surface area contributed by atoms with Gasteiger partial charge in [-0.05, 0) is 57.2 Å². The highest BCUT2D eigenvalue weighted by Gasteiger charge is 2.19. The number of aliphatic imine (C=N–C) groups is 1. The number of hydrogen-bond donors (Lipinski definition) is 1. The number of allylic oxidation sites excluding steroid dienone is 1. The van der Waals surface area contributed by atoms with Crippen LogP contribution in [-0.2, 0) is 0 Å². The topological polar surface area (TPSA) is 24.4 Å². The maximum atomic E-state index is 6.07. The molecule has 0 amide bonds. The zero-order valence-electron chi connectivity index (χ0n) is 20.2. The molecular weight excluding hydrogens is 472 g/mol. The van der Waals surface area contributed by atoms with Gasteiger partial charge < -0.3 is 5.32 Å². The summed E-state index contributed by atoms with van der Waals surface area (Å²) in [5.74, 6) is 0. The minimum atomic E-state index is -0.166. The maximum absolute atomic E-state index is 6.07. The average molecular weight is 497 g/mol. The zero-order chi connectivity index (χ0) is 25.0. The second-order valence-electron chi connectivity index (χ2n) is 9.06. The summed E-state index contributed by atoms with van der Waals surface area (Å²) < 4.78 is 0. The van der Waals surface area contributed by atoms with Crippen molar-refractivity contribution in [2.24, 2.45) is 4.99 Å². The van der Waals surface area contributed by atoms with Crippen LogP contribution in [0.3, 0.4) is 0 Å². The number of halogens is 1. The molecular formula is C34H25ClN2. The van der Waals surface area contributed by atoms with Gasteiger partial charge in [0.15, 0.2) is 0 Å². The van der Waals surface area contributed by atoms with Crippen LogP contribution in [0.25, 0.3) is 28.0 Å². The fraction of sp³-hybridized carbons (Fsp3) is 0.0294. The Morgan fingerprint density at radius 3 is 1.54 bits per heavy atom. The first-order valence-corrected chi connectivity index (χ1v) is 12.7. The van der Waals surface area contributed by atoms with Crippen molar-refractivity contribution in [1.29, 1.82) is 0 Å². The lowest BCUT2D eigenvalue weighted by Crippen LogP contribution is -2.24. The molecule has 0 spiro atoms. The number of benzene rings is 5. The molecule has 1 aliphatic rings. The van der Waals surface area contributed by atoms with Crippen molar-refractivity contribution in [2.45, 2.75) is 6.17 Å². The number of nitrogens with one attached hydrogen (secondary N) is 1. The lowest BCUT2D eigenvalue weighted by Gasteiger charge is -2.25. The highest BCUT2D eigenvalue weighted by molar-refractivity contribution is 6.30. The molecule has 1 unspecified atom stereocenters. The summed E-state index contributed by atoms with van der Waals surface area (Å²) in [6, 6.07) is 46.0. The first kappa shape index (κ1) is 23.0. The van der Waals surface area contributed by atoms with Crippen molar-refractivity contribution in [2.75, 3.05) is 0 Å². The summed E-state index contributed by atoms with van der Waals surface area (Å²) in [5.41, 5.74) is 10.1. The van der Waals surface area contributed by atoms with Gasteiger partial charge in [0.2, 0.25) is 0 Å². The Bertz CT molecular complexity index is 1550. The highest BCUT2D eigenvalue weighted by atomic mass is 35.5. The van der Waals surface area contributed by atoms with E-state index in [1.807, 2.05) is 36.4 Å². The smallest absolute Gasteiger partial charge is 0.145 e. The molecule has 0 saturated heterocycles. The van der Waals surface area contributed by atoms with Crippen molar-refractivity contribution in [1.82, 2.24) is 5.32 Å². The Kier molecular flexibility index (Phi) is 6.41. The predicted molar refractivity (Wildman–Crippen MR) is 156 cm³/mol. The predicted octanol–water partition coefficient (Wildman–Crippen LogP) is 8.81. The quantitative estimate of drug-likeness (QED) is 0.258. The second-order valence-corrected chi connectivity index (χ2v) is 9.49. The average Bonchev–Trinajstić information content (AvgIpc) is 2.98. The molecule has 0 aromatic heterocycles. The van der Waals surface area contributed by atoms with Gasteiger partial charge >= 0.3 is 0 Å². The summed E-state index contributed by atoms with van der Waals surface area (Å²) in [6.07, 6.45) is 1.98. The van der Waals surface area contributed by atoms with E-state index in [4.69, 9.17) is 16.6 Å². The Morgan fingerprint density at radius 2 is 0.946 bits per heavy atom. The van der Waals surface area contributed by atoms with Gasteiger partial charge in [0.25, 0.3) is 0 Å². The highest BCUT2D eigenvalue weighted by Crippen LogP contribution is 2.29. The minimum Gasteiger partial charge on any atom is -0.360 e. The first-order valence-electron chi connectivity index (χ1n) is 12.4. The lowest BCUT2D eigenvalue weighted by molar-refractivity contribution is 0.664. The summed E-state index contributed by atoms with van der Waals surface area (Å²) in [4.78, 5) is 5.09. The van der Waals surface area contributed by atoms with E-state index < -0.39 is 0 Å². The van der Waals surface area contributed by atoms with Crippen LogP contribution in [0.1, 0.15) is 22.9 Å². The molecule has 0 radical (unpaired) electrons. The van der Waals surface area contributed by atoms with Crippen LogP contribution in [0.4, 0.5) is 0 Å². The molecule has 2 nitrogen and oxygen atoms in total. The third-order valence-electron chi connectivity index (χ3n) is 6.62. The zero-order valence-corrected chi connectivity index (χ0v) is 20.9. The van der Waals surface area contributed by atoms with Crippen LogP contribution in [0.5, 0.6) is 0 Å². The van der Waals surface area contributed by atoms with Gasteiger partial charge in [0, 0.05) is 10.7 Å². The minimum absolute atomic E-state index is 0.166. The summed E-state index contributed by atoms with van der Waals surface area (Å²) >= 11 is 6.07. The molecule has 1 atom stereocenters. The molecule has 178 valence electrons. The molecule has 0 aliphatic carbocycles. The van der Waals surface area contributed by atoms with E-state index in [2.05, 4.69) is 108 Å². The largest absolute Gasteiger partial charge is 0.360 e. The van der Waals surface area contributed by atoms with Crippen molar-refractivity contribution in [3.8, 4) is 22.3 Å². The van der Waals surface area contributed by atoms with E-state index in [0.29, 0.717) is 0 Å². The summed E-state index contributed by atoms with van der Waals surface area (Å²) in [7, 11) is 0. The number of rotatable bonds is 5. The molecule has 1 heterocycles. The molecule has 1 N–H and O–H groups in total. The van der Waals surface area contributed by atoms with Gasteiger partial charge in [0.1, 0.15) is 6.17 Å². The Hall–Kier alpha value is -4.40. The molecule has 0 saturated carbocycles. The lowest BCUT2D eigenvalue weighted by atomic mass is 9.98. The van der Waals surface area contributed by atoms with Gasteiger partial charge in [-0.15, -0.1) is 0 Å². The van der Waals surface area contributed by atoms with E-state index in [-0.39, 0.29) is 6.17 Å². The molecule has 37 heavy (non-hydrogen) atoms. The Balaban J connectivity index is 1.34. The van der Waals surface area contributed by atoms with Crippen molar-refractivity contribution in [3.05, 3.63) is 161 Å². The van der Waals surface area contributed by atoms with Crippen molar-refractivity contribution < 1.29 is 0 Å². The van der Waals surface area contributed by atoms with Crippen molar-refractivity contribution in [3.63, 3.8) is 0 Å². The van der Waals surface area contributed by atoms with E-state index in [1.165, 1.54) is 11.1 Å². The molecule has 1 aliphatic heterocycles. The molecule has 5 aromatic rings. The van der Waals surface area contributed by atoms with Crippen LogP contribution in [0.15, 0.2) is 145 Å². The molecule has 5 aromatic carbocycles. The van der Waals surface area contributed by atoms with Crippen molar-refractivity contribution >= 4 is 23.0 Å². The Labute approximate surface area is 222 Å². The third-order valence-corrected chi connectivity index (χ3v) is 6.87. The number of hydrogen-bond acceptors (Lipinski definition) is 2. The van der Waals surface area contributed by atoms with E-state index in [9.17, 15) is 0 Å². The fourth-order valence-corrected chi connectivity index (χ4v) is 4.73. The van der Waals surface area contributed by atoms with Gasteiger partial charge in [-0.25, -0.2) is 0 Å². The monoisotopic (exact) mass is 496 g/mol. The second kappa shape index (κ2) is 10.3. The van der Waals surface area contributed by atoms with E-state index >= 15 is 0 Å². The standard InChI is InChI=1S/C34H25ClN2/c35-31-21-19-27(20-22-31)26-13-17-29(18-14-26)33-23-32(36-34(37-33)30-9-5-2-6-10-30)28-15-11-25(12-16-28)24-7-3-1-4-8-24/h1-23,34,37H. The fourth-order valence-electron chi connectivity index (χ4n) is 4.60. The first-order chi connectivity index (χ1) is 18.2. The molecule has 0 fully saturated rings. The molecule has 3 heteroatoms. The molecule has 0 bridgehead atoms. The van der Waals surface area contributed by atoms with Crippen LogP contribution >= 0.6 is 11.6 Å². The summed E-state index contributed by atoms with van der Waals surface area (Å²) in [6.45, 7) is 0. The normalized spacial score (nSPS) is 14.9.